The van der Waals surface area contributed by atoms with Gasteiger partial charge in [-0.2, -0.15) is 19.7 Å². The maximum atomic E-state index is 16.2. The zero-order chi connectivity index (χ0) is 47.5. The zero-order valence-corrected chi connectivity index (χ0v) is 39.3. The average molecular weight is 951 g/mol. The summed E-state index contributed by atoms with van der Waals surface area (Å²) in [4.78, 5) is 13.3. The maximum absolute atomic E-state index is 16.2. The van der Waals surface area contributed by atoms with Crippen molar-refractivity contribution in [3.05, 3.63) is 120 Å². The van der Waals surface area contributed by atoms with E-state index in [2.05, 4.69) is 35.7 Å². The van der Waals surface area contributed by atoms with Crippen molar-refractivity contribution in [2.24, 2.45) is 0 Å². The Balaban J connectivity index is 1.36. The van der Waals surface area contributed by atoms with Crippen LogP contribution in [0.25, 0.3) is 33.5 Å². The fourth-order valence-corrected chi connectivity index (χ4v) is 11.5. The number of amides is 1. The van der Waals surface area contributed by atoms with E-state index >= 15 is 16.8 Å². The van der Waals surface area contributed by atoms with E-state index in [0.29, 0.717) is 45.0 Å². The van der Waals surface area contributed by atoms with Crippen molar-refractivity contribution in [1.29, 1.82) is 0 Å². The molecule has 0 bridgehead atoms. The summed E-state index contributed by atoms with van der Waals surface area (Å²) < 4.78 is 89.8. The Kier molecular flexibility index (Phi) is 13.3. The van der Waals surface area contributed by atoms with Crippen LogP contribution in [0.4, 0.5) is 4.79 Å². The van der Waals surface area contributed by atoms with Crippen molar-refractivity contribution in [3.63, 3.8) is 0 Å². The summed E-state index contributed by atoms with van der Waals surface area (Å²) in [5.74, 6) is 1.69. The van der Waals surface area contributed by atoms with Crippen molar-refractivity contribution in [2.75, 3.05) is 34.4 Å². The van der Waals surface area contributed by atoms with Gasteiger partial charge in [0.2, 0.25) is 20.0 Å². The van der Waals surface area contributed by atoms with Crippen LogP contribution in [0.3, 0.4) is 0 Å². The minimum Gasteiger partial charge on any atom is -0.497 e. The molecule has 0 spiro atoms. The molecule has 1 aliphatic heterocycles. The summed E-state index contributed by atoms with van der Waals surface area (Å²) in [5.41, 5.74) is 2.57. The van der Waals surface area contributed by atoms with Crippen molar-refractivity contribution < 1.29 is 40.6 Å². The molecule has 8 rings (SSSR count). The van der Waals surface area contributed by atoms with Gasteiger partial charge in [-0.3, -0.25) is 0 Å². The van der Waals surface area contributed by atoms with E-state index in [1.54, 1.807) is 107 Å². The summed E-state index contributed by atoms with van der Waals surface area (Å²) in [5, 5.41) is 24.1. The quantitative estimate of drug-likeness (QED) is 0.113. The van der Waals surface area contributed by atoms with E-state index in [0.717, 1.165) is 5.56 Å². The highest BCUT2D eigenvalue weighted by Crippen LogP contribution is 2.43. The number of tetrazole rings is 1. The smallest absolute Gasteiger partial charge is 0.410 e. The molecule has 1 atom stereocenters. The molecule has 1 fully saturated rings. The van der Waals surface area contributed by atoms with E-state index in [-0.39, 0.29) is 56.1 Å². The number of nitrogens with zero attached hydrogens (tertiary/aromatic N) is 8. The number of H-pyrrole nitrogens is 1. The monoisotopic (exact) mass is 950 g/mol. The summed E-state index contributed by atoms with van der Waals surface area (Å²) in [6.07, 6.45) is -0.358. The highest BCUT2D eigenvalue weighted by molar-refractivity contribution is 7.92. The van der Waals surface area contributed by atoms with Crippen LogP contribution in [0.2, 0.25) is 0 Å². The number of likely N-dealkylation sites (tertiary alicyclic amines) is 1. The van der Waals surface area contributed by atoms with Gasteiger partial charge in [0.05, 0.1) is 33.4 Å². The standard InChI is InChI=1S/C46H50N10O9S2/c1-46(2,3)65-45(57)54-25-24-33(29-54)50-66(58,59)40-23-22-37(38-8-7-9-39-42(38)48-51-47-39)41(44-49-52-53-56(44)28-32-14-20-36(64-6)21-15-32)43(40)67(60,61)55(26-30-10-16-34(62-4)17-11-30)27-31-12-18-35(63-5)19-13-31/h7-23,33,50H,24-29H2,1-6H3,(H,47,48,51)/t33-/m1/s1. The summed E-state index contributed by atoms with van der Waals surface area (Å²) in [6, 6.07) is 28.2. The van der Waals surface area contributed by atoms with E-state index in [1.807, 2.05) is 12.1 Å². The lowest BCUT2D eigenvalue weighted by molar-refractivity contribution is 0.0292. The van der Waals surface area contributed by atoms with E-state index < -0.39 is 47.6 Å². The molecule has 19 nitrogen and oxygen atoms in total. The molecule has 1 amide bonds. The molecule has 0 saturated carbocycles. The first-order valence-electron chi connectivity index (χ1n) is 21.2. The fourth-order valence-electron chi connectivity index (χ4n) is 7.81. The number of aromatic amines is 1. The van der Waals surface area contributed by atoms with Gasteiger partial charge in [-0.15, -0.1) is 5.10 Å². The molecule has 2 aromatic heterocycles. The van der Waals surface area contributed by atoms with E-state index in [1.165, 1.54) is 40.2 Å². The number of methoxy groups -OCH3 is 3. The first-order valence-corrected chi connectivity index (χ1v) is 24.1. The van der Waals surface area contributed by atoms with Gasteiger partial charge in [0, 0.05) is 37.8 Å². The predicted molar refractivity (Wildman–Crippen MR) is 247 cm³/mol. The Bertz CT molecular complexity index is 3050. The molecule has 1 saturated heterocycles. The molecule has 1 aliphatic rings. The number of para-hydroxylation sites is 1. The number of ether oxygens (including phenoxy) is 4. The third-order valence-electron chi connectivity index (χ3n) is 11.1. The van der Waals surface area contributed by atoms with Crippen LogP contribution in [0, 0.1) is 0 Å². The van der Waals surface area contributed by atoms with Gasteiger partial charge < -0.3 is 23.8 Å². The Morgan fingerprint density at radius 3 is 1.96 bits per heavy atom. The second-order valence-electron chi connectivity index (χ2n) is 16.8. The highest BCUT2D eigenvalue weighted by Gasteiger charge is 2.40. The number of hydrogen-bond donors (Lipinski definition) is 2. The van der Waals surface area contributed by atoms with Crippen LogP contribution in [-0.2, 0) is 44.4 Å². The number of nitrogens with one attached hydrogen (secondary N) is 2. The molecule has 350 valence electrons. The first kappa shape index (κ1) is 46.6. The Morgan fingerprint density at radius 2 is 1.37 bits per heavy atom. The highest BCUT2D eigenvalue weighted by atomic mass is 32.2. The van der Waals surface area contributed by atoms with Crippen LogP contribution < -0.4 is 18.9 Å². The maximum Gasteiger partial charge on any atom is 0.410 e. The van der Waals surface area contributed by atoms with Crippen LogP contribution in [-0.4, -0.2) is 114 Å². The lowest BCUT2D eigenvalue weighted by atomic mass is 9.97. The van der Waals surface area contributed by atoms with Gasteiger partial charge in [-0.05, 0) is 108 Å². The largest absolute Gasteiger partial charge is 0.497 e. The Labute approximate surface area is 388 Å². The normalized spacial score (nSPS) is 14.4. The molecule has 2 N–H and O–H groups in total. The second kappa shape index (κ2) is 19.1. The average Bonchev–Trinajstić information content (AvgIpc) is 4.10. The Hall–Kier alpha value is -6.94. The number of rotatable bonds is 16. The summed E-state index contributed by atoms with van der Waals surface area (Å²) in [6.45, 7) is 5.08. The molecular weight excluding hydrogens is 901 g/mol. The number of sulfonamides is 2. The van der Waals surface area contributed by atoms with E-state index in [4.69, 9.17) is 18.9 Å². The van der Waals surface area contributed by atoms with Crippen molar-refractivity contribution in [3.8, 4) is 39.8 Å². The molecule has 21 heteroatoms. The lowest BCUT2D eigenvalue weighted by Crippen LogP contribution is -2.41. The van der Waals surface area contributed by atoms with Gasteiger partial charge >= 0.3 is 6.09 Å². The number of fused-ring (bicyclic) bond motifs is 1. The number of carbonyl (C=O) groups is 1. The molecule has 0 unspecified atom stereocenters. The molecule has 67 heavy (non-hydrogen) atoms. The molecule has 5 aromatic carbocycles. The fraction of sp³-hybridized carbons (Fsp3) is 0.304. The zero-order valence-electron chi connectivity index (χ0n) is 37.7. The predicted octanol–water partition coefficient (Wildman–Crippen LogP) is 6.03. The number of benzene rings is 5. The number of aromatic nitrogens is 7. The van der Waals surface area contributed by atoms with Gasteiger partial charge in [-0.25, -0.2) is 31.0 Å². The minimum atomic E-state index is -4.95. The third kappa shape index (κ3) is 10.2. The number of hydrogen-bond acceptors (Lipinski definition) is 14. The molecular formula is C46H50N10O9S2. The molecule has 0 radical (unpaired) electrons. The number of carbonyl (C=O) groups excluding carboxylic acids is 1. The van der Waals surface area contributed by atoms with Crippen molar-refractivity contribution in [2.45, 2.75) is 68.3 Å². The Morgan fingerprint density at radius 1 is 0.776 bits per heavy atom. The molecule has 7 aromatic rings. The topological polar surface area (TPSA) is 226 Å². The molecule has 0 aliphatic carbocycles. The van der Waals surface area contributed by atoms with Crippen LogP contribution >= 0.6 is 0 Å². The second-order valence-corrected chi connectivity index (χ2v) is 20.4. The third-order valence-corrected chi connectivity index (χ3v) is 14.7. The van der Waals surface area contributed by atoms with Crippen LogP contribution in [0.1, 0.15) is 43.9 Å². The van der Waals surface area contributed by atoms with Gasteiger partial charge in [0.1, 0.15) is 43.7 Å². The van der Waals surface area contributed by atoms with Gasteiger partial charge in [0.25, 0.3) is 0 Å². The van der Waals surface area contributed by atoms with Crippen molar-refractivity contribution >= 4 is 37.2 Å². The molecule has 3 heterocycles. The van der Waals surface area contributed by atoms with Crippen LogP contribution in [0.15, 0.2) is 113 Å². The summed E-state index contributed by atoms with van der Waals surface area (Å²) in [7, 11) is -5.09. The van der Waals surface area contributed by atoms with Crippen LogP contribution in [0.5, 0.6) is 17.2 Å². The van der Waals surface area contributed by atoms with Crippen molar-refractivity contribution in [1.82, 2.24) is 49.5 Å². The minimum absolute atomic E-state index is 0.0174. The first-order chi connectivity index (χ1) is 32.1. The summed E-state index contributed by atoms with van der Waals surface area (Å²) >= 11 is 0. The van der Waals surface area contributed by atoms with Gasteiger partial charge in [0.15, 0.2) is 5.82 Å². The lowest BCUT2D eigenvalue weighted by Gasteiger charge is -2.27. The van der Waals surface area contributed by atoms with E-state index in [9.17, 15) is 4.79 Å². The SMILES string of the molecule is COc1ccc(CN(Cc2ccc(OC)cc2)S(=O)(=O)c2c(S(=O)(=O)N[C@@H]3CCN(C(=O)OC(C)(C)C)C3)ccc(-c3cccc4n[nH]nc34)c2-c2nnnn2Cc2ccc(OC)cc2)cc1. The van der Waals surface area contributed by atoms with Gasteiger partial charge in [-0.1, -0.05) is 54.6 Å².